The summed E-state index contributed by atoms with van der Waals surface area (Å²) in [6.07, 6.45) is 17.1. The van der Waals surface area contributed by atoms with Gasteiger partial charge in [0.1, 0.15) is 6.10 Å². The van der Waals surface area contributed by atoms with E-state index in [0.29, 0.717) is 16.7 Å². The molecule has 3 aliphatic carbocycles. The van der Waals surface area contributed by atoms with Crippen molar-refractivity contribution in [2.24, 2.45) is 28.1 Å². The minimum Gasteiger partial charge on any atom is -0.462 e. The number of ether oxygens (including phenoxy) is 1. The van der Waals surface area contributed by atoms with Crippen LogP contribution in [0.5, 0.6) is 0 Å². The molecule has 0 saturated heterocycles. The standard InChI is InChI=1S/C32H52O2/c1-22(13-15-27-24(3)14-16-29(31(27,7)8)34-25(4)33)11-10-12-26-23(2)17-18-32(9)20-19-30(5,6)21-28(26)32/h11,14,27-29H,10,12-13,15-21H2,1-9H3/b22-11+/t27-,28+,29+,32+/m1/s1. The van der Waals surface area contributed by atoms with E-state index in [-0.39, 0.29) is 17.5 Å². The molecule has 0 aromatic rings. The van der Waals surface area contributed by atoms with Crippen LogP contribution in [0.25, 0.3) is 0 Å². The van der Waals surface area contributed by atoms with Crippen molar-refractivity contribution in [3.8, 4) is 0 Å². The lowest BCUT2D eigenvalue weighted by Crippen LogP contribution is -2.42. The molecular formula is C32H52O2. The second kappa shape index (κ2) is 10.4. The lowest BCUT2D eigenvalue weighted by Gasteiger charge is -2.52. The van der Waals surface area contributed by atoms with Crippen molar-refractivity contribution in [3.63, 3.8) is 0 Å². The molecule has 3 rings (SSSR count). The van der Waals surface area contributed by atoms with Gasteiger partial charge in [0, 0.05) is 18.8 Å². The van der Waals surface area contributed by atoms with E-state index < -0.39 is 0 Å². The Hall–Kier alpha value is -1.31. The number of allylic oxidation sites excluding steroid dienone is 5. The second-order valence-corrected chi connectivity index (χ2v) is 13.7. The molecule has 192 valence electrons. The van der Waals surface area contributed by atoms with E-state index in [1.807, 2.05) is 0 Å². The van der Waals surface area contributed by atoms with Gasteiger partial charge in [-0.2, -0.15) is 0 Å². The molecule has 0 amide bonds. The Bertz CT molecular complexity index is 852. The van der Waals surface area contributed by atoms with Crippen LogP contribution in [0, 0.1) is 28.1 Å². The van der Waals surface area contributed by atoms with Gasteiger partial charge in [0.15, 0.2) is 0 Å². The fourth-order valence-corrected chi connectivity index (χ4v) is 7.36. The number of carbonyl (C=O) groups excluding carboxylic acids is 1. The molecule has 2 heteroatoms. The third-order valence-corrected chi connectivity index (χ3v) is 9.98. The van der Waals surface area contributed by atoms with Gasteiger partial charge in [0.05, 0.1) is 0 Å². The number of fused-ring (bicyclic) bond motifs is 1. The van der Waals surface area contributed by atoms with Crippen LogP contribution in [0.2, 0.25) is 0 Å². The Balaban J connectivity index is 1.61. The summed E-state index contributed by atoms with van der Waals surface area (Å²) in [5.41, 5.74) is 7.45. The number of esters is 1. The Labute approximate surface area is 210 Å². The second-order valence-electron chi connectivity index (χ2n) is 13.7. The minimum absolute atomic E-state index is 0.0155. The molecule has 1 fully saturated rings. The molecule has 34 heavy (non-hydrogen) atoms. The number of hydrogen-bond donors (Lipinski definition) is 0. The van der Waals surface area contributed by atoms with E-state index in [9.17, 15) is 4.79 Å². The molecule has 3 aliphatic rings. The molecular weight excluding hydrogens is 416 g/mol. The van der Waals surface area contributed by atoms with Crippen molar-refractivity contribution in [2.75, 3.05) is 0 Å². The summed E-state index contributed by atoms with van der Waals surface area (Å²) in [4.78, 5) is 11.6. The third kappa shape index (κ3) is 6.08. The van der Waals surface area contributed by atoms with E-state index in [1.54, 1.807) is 11.1 Å². The Kier molecular flexibility index (Phi) is 8.31. The van der Waals surface area contributed by atoms with E-state index in [2.05, 4.69) is 67.5 Å². The first-order chi connectivity index (χ1) is 15.7. The zero-order valence-corrected chi connectivity index (χ0v) is 23.8. The Morgan fingerprint density at radius 2 is 1.79 bits per heavy atom. The van der Waals surface area contributed by atoms with Crippen molar-refractivity contribution in [1.29, 1.82) is 0 Å². The summed E-state index contributed by atoms with van der Waals surface area (Å²) >= 11 is 0. The lowest BCUT2D eigenvalue weighted by molar-refractivity contribution is -0.155. The number of rotatable bonds is 7. The average molecular weight is 469 g/mol. The summed E-state index contributed by atoms with van der Waals surface area (Å²) < 4.78 is 5.70. The van der Waals surface area contributed by atoms with Crippen LogP contribution >= 0.6 is 0 Å². The van der Waals surface area contributed by atoms with Crippen molar-refractivity contribution in [3.05, 3.63) is 34.4 Å². The highest BCUT2D eigenvalue weighted by atomic mass is 16.5. The molecule has 0 aliphatic heterocycles. The molecule has 0 N–H and O–H groups in total. The maximum Gasteiger partial charge on any atom is 0.302 e. The molecule has 2 nitrogen and oxygen atoms in total. The fourth-order valence-electron chi connectivity index (χ4n) is 7.36. The summed E-state index contributed by atoms with van der Waals surface area (Å²) in [5, 5.41) is 0. The first kappa shape index (κ1) is 27.3. The first-order valence-electron chi connectivity index (χ1n) is 13.9. The highest BCUT2D eigenvalue weighted by Crippen LogP contribution is 2.57. The zero-order chi connectivity index (χ0) is 25.3. The predicted molar refractivity (Wildman–Crippen MR) is 145 cm³/mol. The van der Waals surface area contributed by atoms with Crippen molar-refractivity contribution in [1.82, 2.24) is 0 Å². The Morgan fingerprint density at radius 3 is 2.47 bits per heavy atom. The molecule has 0 unspecified atom stereocenters. The van der Waals surface area contributed by atoms with Crippen molar-refractivity contribution >= 4 is 5.97 Å². The fraction of sp³-hybridized carbons (Fsp3) is 0.781. The third-order valence-electron chi connectivity index (χ3n) is 9.98. The molecule has 0 heterocycles. The van der Waals surface area contributed by atoms with Crippen molar-refractivity contribution < 1.29 is 9.53 Å². The minimum atomic E-state index is -0.161. The van der Waals surface area contributed by atoms with Gasteiger partial charge in [0.25, 0.3) is 0 Å². The van der Waals surface area contributed by atoms with Gasteiger partial charge in [-0.1, -0.05) is 69.1 Å². The molecule has 0 aromatic heterocycles. The van der Waals surface area contributed by atoms with Gasteiger partial charge < -0.3 is 4.74 Å². The van der Waals surface area contributed by atoms with Crippen LogP contribution in [-0.4, -0.2) is 12.1 Å². The highest BCUT2D eigenvalue weighted by Gasteiger charge is 2.46. The average Bonchev–Trinajstić information content (AvgIpc) is 2.73. The summed E-state index contributed by atoms with van der Waals surface area (Å²) in [6.45, 7) is 20.6. The number of hydrogen-bond acceptors (Lipinski definition) is 2. The first-order valence-corrected chi connectivity index (χ1v) is 13.9. The van der Waals surface area contributed by atoms with Gasteiger partial charge in [-0.05, 0) is 101 Å². The topological polar surface area (TPSA) is 26.3 Å². The van der Waals surface area contributed by atoms with Gasteiger partial charge in [0.2, 0.25) is 0 Å². The van der Waals surface area contributed by atoms with Gasteiger partial charge >= 0.3 is 5.97 Å². The van der Waals surface area contributed by atoms with E-state index in [1.165, 1.54) is 63.0 Å². The maximum atomic E-state index is 11.6. The van der Waals surface area contributed by atoms with Crippen LogP contribution in [0.4, 0.5) is 0 Å². The Morgan fingerprint density at radius 1 is 1.09 bits per heavy atom. The quantitative estimate of drug-likeness (QED) is 0.275. The van der Waals surface area contributed by atoms with Crippen LogP contribution in [0.3, 0.4) is 0 Å². The predicted octanol–water partition coefficient (Wildman–Crippen LogP) is 9.36. The SMILES string of the molecule is CC(=O)O[C@H]1CC=C(C)[C@@H](CC/C(C)=C/CCC2=C(C)CC[C@@]3(C)CCC(C)(C)C[C@@H]23)C1(C)C. The van der Waals surface area contributed by atoms with Crippen LogP contribution < -0.4 is 0 Å². The molecule has 1 saturated carbocycles. The zero-order valence-electron chi connectivity index (χ0n) is 23.8. The summed E-state index contributed by atoms with van der Waals surface area (Å²) in [7, 11) is 0. The molecule has 0 radical (unpaired) electrons. The van der Waals surface area contributed by atoms with Crippen molar-refractivity contribution in [2.45, 2.75) is 133 Å². The van der Waals surface area contributed by atoms with Crippen LogP contribution in [-0.2, 0) is 9.53 Å². The van der Waals surface area contributed by atoms with E-state index >= 15 is 0 Å². The lowest BCUT2D eigenvalue weighted by atomic mass is 9.53. The smallest absolute Gasteiger partial charge is 0.302 e. The van der Waals surface area contributed by atoms with Gasteiger partial charge in [-0.25, -0.2) is 0 Å². The van der Waals surface area contributed by atoms with Crippen LogP contribution in [0.1, 0.15) is 127 Å². The van der Waals surface area contributed by atoms with E-state index in [0.717, 1.165) is 25.2 Å². The molecule has 0 spiro atoms. The molecule has 4 atom stereocenters. The normalized spacial score (nSPS) is 33.3. The van der Waals surface area contributed by atoms with Crippen LogP contribution in [0.15, 0.2) is 34.4 Å². The monoisotopic (exact) mass is 468 g/mol. The molecule has 0 bridgehead atoms. The summed E-state index contributed by atoms with van der Waals surface area (Å²) in [6, 6.07) is 0. The van der Waals surface area contributed by atoms with Gasteiger partial charge in [-0.3, -0.25) is 4.79 Å². The highest BCUT2D eigenvalue weighted by molar-refractivity contribution is 5.66. The molecule has 0 aromatic carbocycles. The number of carbonyl (C=O) groups is 1. The van der Waals surface area contributed by atoms with Gasteiger partial charge in [-0.15, -0.1) is 0 Å². The van der Waals surface area contributed by atoms with E-state index in [4.69, 9.17) is 4.74 Å². The summed E-state index contributed by atoms with van der Waals surface area (Å²) in [5.74, 6) is 1.08. The maximum absolute atomic E-state index is 11.6. The largest absolute Gasteiger partial charge is 0.462 e.